The summed E-state index contributed by atoms with van der Waals surface area (Å²) < 4.78 is 22.6. The van der Waals surface area contributed by atoms with Crippen LogP contribution in [0.4, 0.5) is 0 Å². The van der Waals surface area contributed by atoms with Gasteiger partial charge in [-0.3, -0.25) is 0 Å². The summed E-state index contributed by atoms with van der Waals surface area (Å²) >= 11 is 2.22. The van der Waals surface area contributed by atoms with E-state index in [-0.39, 0.29) is 6.04 Å². The number of aromatic nitrogens is 2. The third kappa shape index (κ3) is 5.32. The molecule has 0 saturated carbocycles. The van der Waals surface area contributed by atoms with Gasteiger partial charge in [-0.15, -0.1) is 4.72 Å². The highest BCUT2D eigenvalue weighted by molar-refractivity contribution is 9.10. The van der Waals surface area contributed by atoms with Crippen LogP contribution in [-0.2, 0) is 17.8 Å². The van der Waals surface area contributed by atoms with Crippen molar-refractivity contribution < 1.29 is 9.08 Å². The smallest absolute Gasteiger partial charge is 0.167 e. The van der Waals surface area contributed by atoms with Gasteiger partial charge in [-0.1, -0.05) is 41.6 Å². The van der Waals surface area contributed by atoms with E-state index < -0.39 is 16.1 Å². The van der Waals surface area contributed by atoms with E-state index in [1.165, 1.54) is 0 Å². The first-order valence-corrected chi connectivity index (χ1v) is 12.8. The molecule has 0 aliphatic carbocycles. The Labute approximate surface area is 206 Å². The number of fused-ring (bicyclic) bond motifs is 1. The number of hydrogen-bond donors (Lipinski definition) is 1. The minimum Gasteiger partial charge on any atom is -0.598 e. The molecule has 2 atom stereocenters. The largest absolute Gasteiger partial charge is 0.598 e. The molecule has 1 N–H and O–H groups in total. The molecule has 0 radical (unpaired) electrons. The molecule has 0 aliphatic rings. The van der Waals surface area contributed by atoms with Crippen molar-refractivity contribution in [2.45, 2.75) is 51.8 Å². The number of rotatable bonds is 6. The zero-order valence-corrected chi connectivity index (χ0v) is 21.9. The summed E-state index contributed by atoms with van der Waals surface area (Å²) in [5.41, 5.74) is 6.66. The molecule has 2 aromatic carbocycles. The standard InChI is InChI=1S/C26H28BrN3O2S/c1-16-10-12-20-23(14-16)32-29-25(20)19-9-7-6-8-18(19)22(30-33(31)26(3,4)5)15-21-17(2)11-13-24(27)28-21/h6-14,22,30H,15H2,1-5H3/t22?,33-/m0/s1. The quantitative estimate of drug-likeness (QED) is 0.226. The number of aryl methyl sites for hydroxylation is 2. The van der Waals surface area contributed by atoms with Crippen LogP contribution >= 0.6 is 15.9 Å². The Kier molecular flexibility index (Phi) is 6.96. The minimum atomic E-state index is -1.27. The zero-order chi connectivity index (χ0) is 23.8. The molecule has 0 fully saturated rings. The lowest BCUT2D eigenvalue weighted by Gasteiger charge is -2.29. The topological polar surface area (TPSA) is 74.0 Å². The van der Waals surface area contributed by atoms with Crippen LogP contribution in [0.2, 0.25) is 0 Å². The monoisotopic (exact) mass is 525 g/mol. The van der Waals surface area contributed by atoms with Crippen molar-refractivity contribution in [3.8, 4) is 11.3 Å². The van der Waals surface area contributed by atoms with Gasteiger partial charge in [0.25, 0.3) is 0 Å². The maximum absolute atomic E-state index is 13.2. The number of halogens is 1. The predicted octanol–water partition coefficient (Wildman–Crippen LogP) is 6.60. The van der Waals surface area contributed by atoms with Crippen molar-refractivity contribution in [1.29, 1.82) is 0 Å². The molecule has 172 valence electrons. The average molecular weight is 527 g/mol. The second-order valence-electron chi connectivity index (χ2n) is 9.27. The Bertz CT molecular complexity index is 1280. The summed E-state index contributed by atoms with van der Waals surface area (Å²) in [6, 6.07) is 17.9. The molecular formula is C26H28BrN3O2S. The third-order valence-electron chi connectivity index (χ3n) is 5.59. The van der Waals surface area contributed by atoms with E-state index in [2.05, 4.69) is 37.9 Å². The minimum absolute atomic E-state index is 0.237. The van der Waals surface area contributed by atoms with Crippen molar-refractivity contribution in [2.24, 2.45) is 0 Å². The Balaban J connectivity index is 1.82. The molecule has 2 heterocycles. The van der Waals surface area contributed by atoms with Gasteiger partial charge in [0.2, 0.25) is 0 Å². The number of nitrogens with zero attached hydrogens (tertiary/aromatic N) is 2. The molecule has 33 heavy (non-hydrogen) atoms. The molecule has 4 aromatic rings. The molecule has 0 spiro atoms. The van der Waals surface area contributed by atoms with E-state index in [0.717, 1.165) is 49.2 Å². The normalized spacial score (nSPS) is 13.9. The zero-order valence-electron chi connectivity index (χ0n) is 19.5. The van der Waals surface area contributed by atoms with E-state index in [4.69, 9.17) is 9.51 Å². The molecule has 7 heteroatoms. The molecule has 5 nitrogen and oxygen atoms in total. The van der Waals surface area contributed by atoms with Gasteiger partial charge >= 0.3 is 0 Å². The number of pyridine rings is 1. The Morgan fingerprint density at radius 3 is 2.61 bits per heavy atom. The number of benzene rings is 2. The summed E-state index contributed by atoms with van der Waals surface area (Å²) in [4.78, 5) is 4.70. The first-order valence-electron chi connectivity index (χ1n) is 10.9. The predicted molar refractivity (Wildman–Crippen MR) is 138 cm³/mol. The highest BCUT2D eigenvalue weighted by atomic mass is 79.9. The van der Waals surface area contributed by atoms with Crippen LogP contribution in [0.5, 0.6) is 0 Å². The van der Waals surface area contributed by atoms with E-state index in [1.54, 1.807) is 0 Å². The molecule has 1 unspecified atom stereocenters. The maximum Gasteiger partial charge on any atom is 0.167 e. The fourth-order valence-corrected chi connectivity index (χ4v) is 4.89. The average Bonchev–Trinajstić information content (AvgIpc) is 3.18. The highest BCUT2D eigenvalue weighted by Crippen LogP contribution is 2.35. The van der Waals surface area contributed by atoms with Crippen LogP contribution < -0.4 is 4.72 Å². The molecule has 4 rings (SSSR count). The van der Waals surface area contributed by atoms with E-state index in [1.807, 2.05) is 77.1 Å². The van der Waals surface area contributed by atoms with Crippen molar-refractivity contribution in [3.05, 3.63) is 81.6 Å². The van der Waals surface area contributed by atoms with E-state index in [9.17, 15) is 4.55 Å². The fraction of sp³-hybridized carbons (Fsp3) is 0.308. The number of nitrogens with one attached hydrogen (secondary N) is 1. The number of hydrogen-bond acceptors (Lipinski definition) is 5. The summed E-state index contributed by atoms with van der Waals surface area (Å²) in [6.45, 7) is 9.98. The van der Waals surface area contributed by atoms with Gasteiger partial charge in [0.05, 0.1) is 6.04 Å². The Hall–Kier alpha value is -2.19. The van der Waals surface area contributed by atoms with Crippen LogP contribution in [0.25, 0.3) is 22.2 Å². The van der Waals surface area contributed by atoms with Crippen LogP contribution in [0.3, 0.4) is 0 Å². The van der Waals surface area contributed by atoms with Crippen LogP contribution in [0, 0.1) is 13.8 Å². The van der Waals surface area contributed by atoms with Crippen molar-refractivity contribution in [1.82, 2.24) is 14.9 Å². The molecule has 0 aliphatic heterocycles. The fourth-order valence-electron chi connectivity index (χ4n) is 3.72. The van der Waals surface area contributed by atoms with Gasteiger partial charge in [0.1, 0.15) is 15.0 Å². The van der Waals surface area contributed by atoms with E-state index in [0.29, 0.717) is 6.42 Å². The highest BCUT2D eigenvalue weighted by Gasteiger charge is 2.32. The van der Waals surface area contributed by atoms with Crippen LogP contribution in [-0.4, -0.2) is 19.4 Å². The lowest BCUT2D eigenvalue weighted by Crippen LogP contribution is -2.42. The summed E-state index contributed by atoms with van der Waals surface area (Å²) in [5, 5.41) is 5.37. The lowest BCUT2D eigenvalue weighted by molar-refractivity contribution is 0.459. The molecule has 0 amide bonds. The molecule has 2 aromatic heterocycles. The van der Waals surface area contributed by atoms with Gasteiger partial charge in [-0.2, -0.15) is 0 Å². The van der Waals surface area contributed by atoms with Gasteiger partial charge < -0.3 is 9.08 Å². The second-order valence-corrected chi connectivity index (χ2v) is 12.1. The second kappa shape index (κ2) is 9.58. The maximum atomic E-state index is 13.2. The van der Waals surface area contributed by atoms with E-state index >= 15 is 0 Å². The third-order valence-corrected chi connectivity index (χ3v) is 7.64. The first-order chi connectivity index (χ1) is 15.6. The summed E-state index contributed by atoms with van der Waals surface area (Å²) in [5.74, 6) is 0. The molecule has 0 bridgehead atoms. The molecule has 0 saturated heterocycles. The Morgan fingerprint density at radius 1 is 1.09 bits per heavy atom. The first kappa shape index (κ1) is 24.0. The van der Waals surface area contributed by atoms with Crippen LogP contribution in [0.1, 0.15) is 49.2 Å². The Morgan fingerprint density at radius 2 is 1.85 bits per heavy atom. The SMILES string of the molecule is Cc1ccc2c(-c3ccccc3C(Cc3nc(Br)ccc3C)N[S@@+]([O-])C(C)(C)C)noc2c1. The lowest BCUT2D eigenvalue weighted by atomic mass is 9.93. The summed E-state index contributed by atoms with van der Waals surface area (Å²) in [6.07, 6.45) is 0.582. The van der Waals surface area contributed by atoms with Crippen molar-refractivity contribution in [3.63, 3.8) is 0 Å². The van der Waals surface area contributed by atoms with Crippen LogP contribution in [0.15, 0.2) is 63.7 Å². The van der Waals surface area contributed by atoms with Gasteiger partial charge in [0, 0.05) is 34.4 Å². The summed E-state index contributed by atoms with van der Waals surface area (Å²) in [7, 11) is 0. The molecular weight excluding hydrogens is 498 g/mol. The van der Waals surface area contributed by atoms with Crippen molar-refractivity contribution >= 4 is 38.3 Å². The van der Waals surface area contributed by atoms with Crippen molar-refractivity contribution in [2.75, 3.05) is 0 Å². The van der Waals surface area contributed by atoms with Gasteiger partial charge in [-0.05, 0) is 85.4 Å². The van der Waals surface area contributed by atoms with Gasteiger partial charge in [-0.25, -0.2) is 4.98 Å². The van der Waals surface area contributed by atoms with Gasteiger partial charge in [0.15, 0.2) is 5.58 Å².